The fourth-order valence-electron chi connectivity index (χ4n) is 2.59. The van der Waals surface area contributed by atoms with Gasteiger partial charge < -0.3 is 4.74 Å². The first-order valence-electron chi connectivity index (χ1n) is 9.44. The molecule has 0 saturated carbocycles. The van der Waals surface area contributed by atoms with Crippen LogP contribution in [0.3, 0.4) is 0 Å². The maximum Gasteiger partial charge on any atom is 0.420 e. The predicted octanol–water partition coefficient (Wildman–Crippen LogP) is 5.78. The van der Waals surface area contributed by atoms with Crippen molar-refractivity contribution in [1.82, 2.24) is 10.9 Å². The van der Waals surface area contributed by atoms with Gasteiger partial charge in [0.1, 0.15) is 17.0 Å². The van der Waals surface area contributed by atoms with Crippen LogP contribution in [0.4, 0.5) is 18.9 Å². The number of nitrogens with zero attached hydrogens (tertiary/aromatic N) is 2. The molecular weight excluding hydrogens is 393 g/mol. The lowest BCUT2D eigenvalue weighted by Crippen LogP contribution is -2.61. The second-order valence-electron chi connectivity index (χ2n) is 8.96. The van der Waals surface area contributed by atoms with Crippen LogP contribution in [0.1, 0.15) is 52.7 Å². The Morgan fingerprint density at radius 1 is 0.900 bits per heavy atom. The van der Waals surface area contributed by atoms with Gasteiger partial charge in [0, 0.05) is 11.1 Å². The van der Waals surface area contributed by atoms with E-state index in [4.69, 9.17) is 4.74 Å². The van der Waals surface area contributed by atoms with E-state index in [-0.39, 0.29) is 17.0 Å². The Bertz CT molecular complexity index is 891. The topological polar surface area (TPSA) is 60.3 Å². The standard InChI is InChI=1S/C22H27F3N4O/c1-20(2,3)27-29(28-21(4,5)6)18-13-15(14-26)12-17(22(23,24)25)19(18)30-16-10-8-7-9-11-16/h7-13,27-28H,1-6H3. The number of para-hydroxylation sites is 1. The van der Waals surface area contributed by atoms with Crippen LogP contribution in [0.25, 0.3) is 0 Å². The number of hydrogen-bond donors (Lipinski definition) is 2. The number of alkyl halides is 3. The molecule has 162 valence electrons. The van der Waals surface area contributed by atoms with Gasteiger partial charge in [0.05, 0.1) is 11.6 Å². The van der Waals surface area contributed by atoms with Gasteiger partial charge in [-0.25, -0.2) is 16.0 Å². The van der Waals surface area contributed by atoms with E-state index in [1.807, 2.05) is 47.6 Å². The maximum absolute atomic E-state index is 13.9. The van der Waals surface area contributed by atoms with Gasteiger partial charge in [-0.3, -0.25) is 0 Å². The minimum absolute atomic E-state index is 0.0510. The second kappa shape index (κ2) is 8.54. The number of halogens is 3. The third-order valence-electron chi connectivity index (χ3n) is 3.60. The van der Waals surface area contributed by atoms with Crippen molar-refractivity contribution in [2.45, 2.75) is 58.8 Å². The number of benzene rings is 2. The molecule has 2 rings (SSSR count). The van der Waals surface area contributed by atoms with Gasteiger partial charge in [0.2, 0.25) is 0 Å². The molecule has 2 aromatic carbocycles. The second-order valence-corrected chi connectivity index (χ2v) is 8.96. The van der Waals surface area contributed by atoms with Crippen LogP contribution in [-0.4, -0.2) is 11.1 Å². The molecule has 0 radical (unpaired) electrons. The van der Waals surface area contributed by atoms with Gasteiger partial charge in [-0.15, -0.1) is 0 Å². The average Bonchev–Trinajstić information content (AvgIpc) is 2.58. The third-order valence-corrected chi connectivity index (χ3v) is 3.60. The van der Waals surface area contributed by atoms with Crippen LogP contribution < -0.4 is 20.7 Å². The van der Waals surface area contributed by atoms with Crippen LogP contribution in [0.15, 0.2) is 42.5 Å². The Morgan fingerprint density at radius 2 is 1.43 bits per heavy atom. The molecule has 8 heteroatoms. The summed E-state index contributed by atoms with van der Waals surface area (Å²) >= 11 is 0. The van der Waals surface area contributed by atoms with Crippen molar-refractivity contribution in [3.63, 3.8) is 0 Å². The van der Waals surface area contributed by atoms with Crippen molar-refractivity contribution in [3.8, 4) is 17.6 Å². The Kier molecular flexibility index (Phi) is 6.70. The normalized spacial score (nSPS) is 12.4. The van der Waals surface area contributed by atoms with Crippen LogP contribution in [-0.2, 0) is 6.18 Å². The summed E-state index contributed by atoms with van der Waals surface area (Å²) in [7, 11) is 0. The molecule has 0 fully saturated rings. The average molecular weight is 420 g/mol. The van der Waals surface area contributed by atoms with E-state index in [1.54, 1.807) is 30.3 Å². The van der Waals surface area contributed by atoms with E-state index in [0.29, 0.717) is 0 Å². The maximum atomic E-state index is 13.9. The summed E-state index contributed by atoms with van der Waals surface area (Å²) in [4.78, 5) is 0. The van der Waals surface area contributed by atoms with Gasteiger partial charge in [-0.1, -0.05) is 18.2 Å². The molecule has 0 saturated heterocycles. The number of nitrogens with one attached hydrogen (secondary N) is 2. The molecule has 0 aliphatic carbocycles. The molecule has 0 bridgehead atoms. The van der Waals surface area contributed by atoms with E-state index < -0.39 is 28.6 Å². The van der Waals surface area contributed by atoms with Crippen molar-refractivity contribution in [2.24, 2.45) is 0 Å². The first-order valence-corrected chi connectivity index (χ1v) is 9.44. The minimum Gasteiger partial charge on any atom is -0.454 e. The molecule has 0 spiro atoms. The van der Waals surface area contributed by atoms with Crippen molar-refractivity contribution in [1.29, 1.82) is 5.26 Å². The third kappa shape index (κ3) is 6.65. The summed E-state index contributed by atoms with van der Waals surface area (Å²) < 4.78 is 47.5. The quantitative estimate of drug-likeness (QED) is 0.600. The molecule has 0 unspecified atom stereocenters. The summed E-state index contributed by atoms with van der Waals surface area (Å²) in [6, 6.07) is 12.2. The molecule has 0 aliphatic heterocycles. The van der Waals surface area contributed by atoms with Crippen molar-refractivity contribution in [3.05, 3.63) is 53.6 Å². The largest absolute Gasteiger partial charge is 0.454 e. The van der Waals surface area contributed by atoms with Gasteiger partial charge >= 0.3 is 6.18 Å². The molecule has 0 amide bonds. The fraction of sp³-hybridized carbons (Fsp3) is 0.409. The summed E-state index contributed by atoms with van der Waals surface area (Å²) in [6.45, 7) is 11.3. The lowest BCUT2D eigenvalue weighted by Gasteiger charge is -2.39. The van der Waals surface area contributed by atoms with Gasteiger partial charge in [0.15, 0.2) is 5.75 Å². The zero-order valence-electron chi connectivity index (χ0n) is 18.0. The molecule has 0 heterocycles. The van der Waals surface area contributed by atoms with Gasteiger partial charge in [0.25, 0.3) is 0 Å². The highest BCUT2D eigenvalue weighted by atomic mass is 19.4. The van der Waals surface area contributed by atoms with E-state index >= 15 is 0 Å². The van der Waals surface area contributed by atoms with E-state index in [1.165, 1.54) is 11.2 Å². The van der Waals surface area contributed by atoms with Crippen LogP contribution in [0.2, 0.25) is 0 Å². The number of hydrogen-bond acceptors (Lipinski definition) is 5. The SMILES string of the molecule is CC(C)(C)NN(NC(C)(C)C)c1cc(C#N)cc(C(F)(F)F)c1Oc1ccccc1. The summed E-state index contributed by atoms with van der Waals surface area (Å²) in [5.74, 6) is -0.151. The molecule has 0 aromatic heterocycles. The lowest BCUT2D eigenvalue weighted by molar-refractivity contribution is -0.138. The summed E-state index contributed by atoms with van der Waals surface area (Å²) in [6.07, 6.45) is -4.72. The Morgan fingerprint density at radius 3 is 1.87 bits per heavy atom. The lowest BCUT2D eigenvalue weighted by atomic mass is 10.1. The first kappa shape index (κ1) is 23.5. The molecule has 2 N–H and O–H groups in total. The number of nitriles is 1. The highest BCUT2D eigenvalue weighted by Gasteiger charge is 2.38. The molecule has 0 aliphatic rings. The number of rotatable bonds is 5. The van der Waals surface area contributed by atoms with E-state index in [0.717, 1.165) is 6.07 Å². The van der Waals surface area contributed by atoms with Crippen LogP contribution in [0, 0.1) is 11.3 Å². The zero-order valence-corrected chi connectivity index (χ0v) is 18.0. The minimum atomic E-state index is -4.72. The van der Waals surface area contributed by atoms with Gasteiger partial charge in [-0.05, 0) is 65.8 Å². The molecular formula is C22H27F3N4O. The monoisotopic (exact) mass is 420 g/mol. The van der Waals surface area contributed by atoms with Gasteiger partial charge in [-0.2, -0.15) is 18.4 Å². The van der Waals surface area contributed by atoms with Crippen molar-refractivity contribution < 1.29 is 17.9 Å². The molecule has 0 atom stereocenters. The van der Waals surface area contributed by atoms with E-state index in [9.17, 15) is 18.4 Å². The highest BCUT2D eigenvalue weighted by molar-refractivity contribution is 5.66. The number of ether oxygens (including phenoxy) is 1. The Balaban J connectivity index is 2.76. The highest BCUT2D eigenvalue weighted by Crippen LogP contribution is 2.44. The fourth-order valence-corrected chi connectivity index (χ4v) is 2.59. The van der Waals surface area contributed by atoms with E-state index in [2.05, 4.69) is 10.9 Å². The Hall–Kier alpha value is -2.76. The number of hydrazine groups is 2. The zero-order chi connectivity index (χ0) is 22.7. The summed E-state index contributed by atoms with van der Waals surface area (Å²) in [5, 5.41) is 10.8. The smallest absolute Gasteiger partial charge is 0.420 e. The Labute approximate surface area is 175 Å². The summed E-state index contributed by atoms with van der Waals surface area (Å²) in [5.41, 5.74) is 4.20. The first-order chi connectivity index (χ1) is 13.7. The predicted molar refractivity (Wildman–Crippen MR) is 111 cm³/mol. The van der Waals surface area contributed by atoms with Crippen LogP contribution in [0.5, 0.6) is 11.5 Å². The van der Waals surface area contributed by atoms with Crippen LogP contribution >= 0.6 is 0 Å². The molecule has 2 aromatic rings. The number of anilines is 1. The molecule has 5 nitrogen and oxygen atoms in total. The van der Waals surface area contributed by atoms with Crippen molar-refractivity contribution >= 4 is 5.69 Å². The molecule has 30 heavy (non-hydrogen) atoms. The van der Waals surface area contributed by atoms with Crippen molar-refractivity contribution in [2.75, 3.05) is 5.12 Å².